The summed E-state index contributed by atoms with van der Waals surface area (Å²) in [5.41, 5.74) is 0. The Balaban J connectivity index is 1.85. The molecule has 0 aromatic rings. The molecule has 0 aromatic carbocycles. The molecule has 2 fully saturated rings. The Bertz CT molecular complexity index is 224. The summed E-state index contributed by atoms with van der Waals surface area (Å²) in [5, 5.41) is 9.54. The Kier molecular flexibility index (Phi) is 4.20. The highest BCUT2D eigenvalue weighted by Crippen LogP contribution is 2.33. The van der Waals surface area contributed by atoms with Gasteiger partial charge in [0.25, 0.3) is 0 Å². The van der Waals surface area contributed by atoms with E-state index in [0.717, 1.165) is 18.9 Å². The van der Waals surface area contributed by atoms with Crippen molar-refractivity contribution >= 4 is 11.8 Å². The van der Waals surface area contributed by atoms with E-state index in [1.165, 1.54) is 38.1 Å². The van der Waals surface area contributed by atoms with Crippen molar-refractivity contribution in [1.29, 1.82) is 0 Å². The van der Waals surface area contributed by atoms with Crippen LogP contribution >= 0.6 is 11.8 Å². The summed E-state index contributed by atoms with van der Waals surface area (Å²) in [5.74, 6) is 1.27. The van der Waals surface area contributed by atoms with E-state index in [0.29, 0.717) is 4.75 Å². The number of rotatable bonds is 1. The Labute approximate surface area is 104 Å². The third kappa shape index (κ3) is 3.38. The predicted molar refractivity (Wildman–Crippen MR) is 71.0 cm³/mol. The van der Waals surface area contributed by atoms with E-state index in [-0.39, 0.29) is 6.10 Å². The van der Waals surface area contributed by atoms with Gasteiger partial charge in [0.1, 0.15) is 0 Å². The summed E-state index contributed by atoms with van der Waals surface area (Å²) in [4.78, 5) is 2.67. The lowest BCUT2D eigenvalue weighted by molar-refractivity contribution is 0.0759. The van der Waals surface area contributed by atoms with Crippen LogP contribution in [0.3, 0.4) is 0 Å². The first-order chi connectivity index (χ1) is 7.57. The maximum Gasteiger partial charge on any atom is 0.0541 e. The van der Waals surface area contributed by atoms with Crippen molar-refractivity contribution in [3.05, 3.63) is 0 Å². The van der Waals surface area contributed by atoms with Crippen LogP contribution in [0.15, 0.2) is 0 Å². The standard InChI is InChI=1S/C13H25NOS/c1-13(2)7-8-14(9-10-16-13)11-3-5-12(15)6-4-11/h11-12,15H,3-10H2,1-2H3. The predicted octanol–water partition coefficient (Wildman–Crippen LogP) is 2.51. The van der Waals surface area contributed by atoms with Crippen molar-refractivity contribution in [2.75, 3.05) is 18.8 Å². The van der Waals surface area contributed by atoms with Crippen molar-refractivity contribution in [2.24, 2.45) is 0 Å². The minimum absolute atomic E-state index is 0.0194. The Morgan fingerprint density at radius 3 is 2.50 bits per heavy atom. The van der Waals surface area contributed by atoms with Crippen LogP contribution < -0.4 is 0 Å². The first kappa shape index (κ1) is 12.7. The lowest BCUT2D eigenvalue weighted by Crippen LogP contribution is -2.40. The fourth-order valence-electron chi connectivity index (χ4n) is 2.82. The SMILES string of the molecule is CC1(C)CCN(C2CCC(O)CC2)CCS1. The van der Waals surface area contributed by atoms with Crippen LogP contribution in [0.5, 0.6) is 0 Å². The number of thioether (sulfide) groups is 1. The van der Waals surface area contributed by atoms with Crippen LogP contribution in [-0.2, 0) is 0 Å². The van der Waals surface area contributed by atoms with Crippen LogP contribution in [0.4, 0.5) is 0 Å². The van der Waals surface area contributed by atoms with Crippen molar-refractivity contribution in [1.82, 2.24) is 4.90 Å². The van der Waals surface area contributed by atoms with E-state index in [1.54, 1.807) is 0 Å². The topological polar surface area (TPSA) is 23.5 Å². The van der Waals surface area contributed by atoms with Crippen LogP contribution in [0, 0.1) is 0 Å². The number of nitrogens with zero attached hydrogens (tertiary/aromatic N) is 1. The van der Waals surface area contributed by atoms with Gasteiger partial charge in [0.2, 0.25) is 0 Å². The largest absolute Gasteiger partial charge is 0.393 e. The Hall–Kier alpha value is 0.270. The molecule has 1 saturated heterocycles. The molecule has 0 aromatic heterocycles. The zero-order valence-corrected chi connectivity index (χ0v) is 11.4. The van der Waals surface area contributed by atoms with Crippen LogP contribution in [-0.4, -0.2) is 45.7 Å². The van der Waals surface area contributed by atoms with Gasteiger partial charge in [0.05, 0.1) is 6.10 Å². The molecule has 2 aliphatic rings. The maximum atomic E-state index is 9.54. The molecule has 16 heavy (non-hydrogen) atoms. The van der Waals surface area contributed by atoms with Gasteiger partial charge < -0.3 is 5.11 Å². The summed E-state index contributed by atoms with van der Waals surface area (Å²) in [6.45, 7) is 7.23. The third-order valence-electron chi connectivity index (χ3n) is 4.06. The molecular formula is C13H25NOS. The molecule has 0 radical (unpaired) electrons. The molecular weight excluding hydrogens is 218 g/mol. The van der Waals surface area contributed by atoms with E-state index < -0.39 is 0 Å². The van der Waals surface area contributed by atoms with Gasteiger partial charge in [-0.15, -0.1) is 0 Å². The van der Waals surface area contributed by atoms with E-state index in [4.69, 9.17) is 0 Å². The molecule has 2 rings (SSSR count). The first-order valence-corrected chi connectivity index (χ1v) is 7.61. The van der Waals surface area contributed by atoms with Crippen molar-refractivity contribution in [3.63, 3.8) is 0 Å². The zero-order chi connectivity index (χ0) is 11.6. The highest BCUT2D eigenvalue weighted by atomic mass is 32.2. The molecule has 1 N–H and O–H groups in total. The molecule has 0 amide bonds. The van der Waals surface area contributed by atoms with Gasteiger partial charge in [-0.1, -0.05) is 13.8 Å². The normalized spacial score (nSPS) is 36.9. The van der Waals surface area contributed by atoms with Gasteiger partial charge in [0.15, 0.2) is 0 Å². The number of hydrogen-bond acceptors (Lipinski definition) is 3. The summed E-state index contributed by atoms with van der Waals surface area (Å²) < 4.78 is 0.461. The second-order valence-corrected chi connectivity index (χ2v) is 7.66. The van der Waals surface area contributed by atoms with E-state index >= 15 is 0 Å². The summed E-state index contributed by atoms with van der Waals surface area (Å²) >= 11 is 2.12. The fourth-order valence-corrected chi connectivity index (χ4v) is 3.94. The molecule has 0 spiro atoms. The maximum absolute atomic E-state index is 9.54. The van der Waals surface area contributed by atoms with Crippen LogP contribution in [0.1, 0.15) is 46.0 Å². The van der Waals surface area contributed by atoms with E-state index in [9.17, 15) is 5.11 Å². The van der Waals surface area contributed by atoms with Crippen LogP contribution in [0.25, 0.3) is 0 Å². The molecule has 1 saturated carbocycles. The summed E-state index contributed by atoms with van der Waals surface area (Å²) in [7, 11) is 0. The lowest BCUT2D eigenvalue weighted by Gasteiger charge is -2.35. The van der Waals surface area contributed by atoms with Gasteiger partial charge in [-0.2, -0.15) is 11.8 Å². The average Bonchev–Trinajstić information content (AvgIpc) is 2.41. The smallest absolute Gasteiger partial charge is 0.0541 e. The molecule has 1 aliphatic carbocycles. The van der Waals surface area contributed by atoms with Gasteiger partial charge in [-0.25, -0.2) is 0 Å². The number of aliphatic hydroxyl groups is 1. The molecule has 2 nitrogen and oxygen atoms in total. The second kappa shape index (κ2) is 5.28. The van der Waals surface area contributed by atoms with Gasteiger partial charge in [-0.3, -0.25) is 4.90 Å². The molecule has 0 unspecified atom stereocenters. The average molecular weight is 243 g/mol. The zero-order valence-electron chi connectivity index (χ0n) is 10.6. The van der Waals surface area contributed by atoms with E-state index in [1.807, 2.05) is 0 Å². The second-order valence-electron chi connectivity index (χ2n) is 5.86. The third-order valence-corrected chi connectivity index (χ3v) is 5.43. The molecule has 0 bridgehead atoms. The van der Waals surface area contributed by atoms with Gasteiger partial charge in [-0.05, 0) is 38.6 Å². The Morgan fingerprint density at radius 1 is 1.12 bits per heavy atom. The summed E-state index contributed by atoms with van der Waals surface area (Å²) in [6.07, 6.45) is 5.71. The number of aliphatic hydroxyl groups excluding tert-OH is 1. The lowest BCUT2D eigenvalue weighted by atomic mass is 9.91. The highest BCUT2D eigenvalue weighted by molar-refractivity contribution is 8.00. The number of hydrogen-bond donors (Lipinski definition) is 1. The minimum atomic E-state index is -0.0194. The molecule has 1 heterocycles. The monoisotopic (exact) mass is 243 g/mol. The first-order valence-electron chi connectivity index (χ1n) is 6.63. The minimum Gasteiger partial charge on any atom is -0.393 e. The Morgan fingerprint density at radius 2 is 1.81 bits per heavy atom. The highest BCUT2D eigenvalue weighted by Gasteiger charge is 2.29. The van der Waals surface area contributed by atoms with Crippen LogP contribution in [0.2, 0.25) is 0 Å². The molecule has 0 atom stereocenters. The van der Waals surface area contributed by atoms with E-state index in [2.05, 4.69) is 30.5 Å². The van der Waals surface area contributed by atoms with Crippen molar-refractivity contribution < 1.29 is 5.11 Å². The molecule has 1 aliphatic heterocycles. The van der Waals surface area contributed by atoms with Crippen molar-refractivity contribution in [2.45, 2.75) is 62.8 Å². The van der Waals surface area contributed by atoms with Gasteiger partial charge >= 0.3 is 0 Å². The summed E-state index contributed by atoms with van der Waals surface area (Å²) in [6, 6.07) is 0.748. The molecule has 3 heteroatoms. The quantitative estimate of drug-likeness (QED) is 0.765. The molecule has 94 valence electrons. The van der Waals surface area contributed by atoms with Crippen molar-refractivity contribution in [3.8, 4) is 0 Å². The fraction of sp³-hybridized carbons (Fsp3) is 1.00. The van der Waals surface area contributed by atoms with Gasteiger partial charge in [0, 0.05) is 23.1 Å².